The quantitative estimate of drug-likeness (QED) is 0.290. The lowest BCUT2D eigenvalue weighted by molar-refractivity contribution is 0.563. The van der Waals surface area contributed by atoms with Gasteiger partial charge in [0.25, 0.3) is 0 Å². The molecular formula is C7H13N5. The summed E-state index contributed by atoms with van der Waals surface area (Å²) in [5, 5.41) is 6.43. The molecule has 5 nitrogen and oxygen atoms in total. The molecule has 1 rings (SSSR count). The van der Waals surface area contributed by atoms with Crippen molar-refractivity contribution in [3.05, 3.63) is 24.4 Å². The predicted octanol–water partition coefficient (Wildman–Crippen LogP) is 0.0724. The maximum Gasteiger partial charge on any atom is 0.123 e. The molecule has 0 saturated carbocycles. The highest BCUT2D eigenvalue weighted by atomic mass is 15.2. The molecule has 12 heavy (non-hydrogen) atoms. The zero-order valence-corrected chi connectivity index (χ0v) is 6.75. The monoisotopic (exact) mass is 167 g/mol. The molecule has 0 aliphatic carbocycles. The van der Waals surface area contributed by atoms with E-state index in [1.54, 1.807) is 12.3 Å². The van der Waals surface area contributed by atoms with E-state index < -0.39 is 0 Å². The zero-order chi connectivity index (χ0) is 8.97. The Kier molecular flexibility index (Phi) is 2.84. The zero-order valence-electron chi connectivity index (χ0n) is 6.75. The van der Waals surface area contributed by atoms with Gasteiger partial charge in [-0.3, -0.25) is 16.4 Å². The number of anilines is 1. The summed E-state index contributed by atoms with van der Waals surface area (Å²) in [6.07, 6.45) is 4.15. The van der Waals surface area contributed by atoms with Crippen LogP contribution in [0.15, 0.2) is 18.9 Å². The van der Waals surface area contributed by atoms with Crippen LogP contribution in [0.4, 0.5) is 5.82 Å². The van der Waals surface area contributed by atoms with E-state index in [2.05, 4.69) is 22.2 Å². The molecule has 0 bridgehead atoms. The number of nitrogens with zero attached hydrogens (tertiary/aromatic N) is 1. The average Bonchev–Trinajstić information content (AvgIpc) is 2.47. The van der Waals surface area contributed by atoms with Crippen LogP contribution in [0, 0.1) is 0 Å². The van der Waals surface area contributed by atoms with Gasteiger partial charge in [-0.25, -0.2) is 0 Å². The van der Waals surface area contributed by atoms with Crippen molar-refractivity contribution in [2.45, 2.75) is 12.5 Å². The molecular weight excluding hydrogens is 154 g/mol. The Balaban J connectivity index is 2.78. The van der Waals surface area contributed by atoms with Crippen molar-refractivity contribution in [1.82, 2.24) is 15.6 Å². The van der Waals surface area contributed by atoms with Crippen molar-refractivity contribution >= 4 is 5.82 Å². The first kappa shape index (κ1) is 8.76. The molecule has 1 aromatic heterocycles. The molecule has 6 N–H and O–H groups in total. The second kappa shape index (κ2) is 3.89. The van der Waals surface area contributed by atoms with E-state index >= 15 is 0 Å². The minimum atomic E-state index is -0.0127. The first-order valence-corrected chi connectivity index (χ1v) is 3.65. The van der Waals surface area contributed by atoms with E-state index in [1.165, 1.54) is 0 Å². The molecule has 0 fully saturated rings. The SMILES string of the molecule is C=CCC(NN)c1cn[nH]c1N. The Labute approximate surface area is 70.8 Å². The van der Waals surface area contributed by atoms with E-state index in [0.717, 1.165) is 12.0 Å². The molecule has 1 unspecified atom stereocenters. The van der Waals surface area contributed by atoms with Crippen LogP contribution in [-0.4, -0.2) is 10.2 Å². The van der Waals surface area contributed by atoms with Crippen LogP contribution in [0.3, 0.4) is 0 Å². The molecule has 0 aliphatic rings. The molecule has 0 aliphatic heterocycles. The van der Waals surface area contributed by atoms with Crippen LogP contribution in [0.25, 0.3) is 0 Å². The van der Waals surface area contributed by atoms with Crippen molar-refractivity contribution in [2.75, 3.05) is 5.73 Å². The Morgan fingerprint density at radius 3 is 3.00 bits per heavy atom. The van der Waals surface area contributed by atoms with Gasteiger partial charge in [-0.05, 0) is 6.42 Å². The van der Waals surface area contributed by atoms with Gasteiger partial charge >= 0.3 is 0 Å². The maximum atomic E-state index is 5.60. The van der Waals surface area contributed by atoms with Gasteiger partial charge in [0, 0.05) is 5.56 Å². The highest BCUT2D eigenvalue weighted by molar-refractivity contribution is 5.39. The Hall–Kier alpha value is -1.33. The lowest BCUT2D eigenvalue weighted by atomic mass is 10.1. The van der Waals surface area contributed by atoms with Gasteiger partial charge in [-0.1, -0.05) is 6.08 Å². The molecule has 66 valence electrons. The van der Waals surface area contributed by atoms with Gasteiger partial charge in [-0.2, -0.15) is 5.10 Å². The smallest absolute Gasteiger partial charge is 0.123 e. The number of nitrogens with two attached hydrogens (primary N) is 2. The Bertz CT molecular complexity index is 254. The van der Waals surface area contributed by atoms with E-state index in [9.17, 15) is 0 Å². The second-order valence-electron chi connectivity index (χ2n) is 2.48. The van der Waals surface area contributed by atoms with Crippen LogP contribution >= 0.6 is 0 Å². The van der Waals surface area contributed by atoms with Gasteiger partial charge < -0.3 is 5.73 Å². The summed E-state index contributed by atoms with van der Waals surface area (Å²) in [6, 6.07) is -0.0127. The standard InChI is InChI=1S/C7H13N5/c1-2-3-6(11-9)5-4-10-12-7(5)8/h2,4,6,11H,1,3,9H2,(H3,8,10,12). The van der Waals surface area contributed by atoms with E-state index in [-0.39, 0.29) is 6.04 Å². The summed E-state index contributed by atoms with van der Waals surface area (Å²) < 4.78 is 0. The first-order chi connectivity index (χ1) is 5.79. The normalized spacial score (nSPS) is 12.8. The van der Waals surface area contributed by atoms with E-state index in [4.69, 9.17) is 11.6 Å². The number of rotatable bonds is 4. The molecule has 0 aromatic carbocycles. The summed E-state index contributed by atoms with van der Waals surface area (Å²) >= 11 is 0. The minimum Gasteiger partial charge on any atom is -0.384 e. The maximum absolute atomic E-state index is 5.60. The summed E-state index contributed by atoms with van der Waals surface area (Å²) in [4.78, 5) is 0. The lowest BCUT2D eigenvalue weighted by Crippen LogP contribution is -2.27. The Morgan fingerprint density at radius 1 is 1.83 bits per heavy atom. The highest BCUT2D eigenvalue weighted by Gasteiger charge is 2.11. The molecule has 0 radical (unpaired) electrons. The topological polar surface area (TPSA) is 92.7 Å². The van der Waals surface area contributed by atoms with Crippen LogP contribution < -0.4 is 17.0 Å². The molecule has 5 heteroatoms. The number of aromatic amines is 1. The van der Waals surface area contributed by atoms with Crippen LogP contribution in [0.2, 0.25) is 0 Å². The summed E-state index contributed by atoms with van der Waals surface area (Å²) in [6.45, 7) is 3.62. The third-order valence-corrected chi connectivity index (χ3v) is 1.68. The van der Waals surface area contributed by atoms with Gasteiger partial charge in [0.1, 0.15) is 5.82 Å². The van der Waals surface area contributed by atoms with Gasteiger partial charge in [0.15, 0.2) is 0 Å². The number of nitrogens with one attached hydrogen (secondary N) is 2. The average molecular weight is 167 g/mol. The largest absolute Gasteiger partial charge is 0.384 e. The molecule has 1 atom stereocenters. The number of hydrogen-bond donors (Lipinski definition) is 4. The fourth-order valence-corrected chi connectivity index (χ4v) is 1.03. The second-order valence-corrected chi connectivity index (χ2v) is 2.48. The summed E-state index contributed by atoms with van der Waals surface area (Å²) in [5.41, 5.74) is 9.11. The van der Waals surface area contributed by atoms with Gasteiger partial charge in [0.05, 0.1) is 12.2 Å². The molecule has 1 aromatic rings. The number of aromatic nitrogens is 2. The molecule has 0 amide bonds. The number of hydrogen-bond acceptors (Lipinski definition) is 4. The van der Waals surface area contributed by atoms with E-state index in [0.29, 0.717) is 5.82 Å². The van der Waals surface area contributed by atoms with Crippen molar-refractivity contribution < 1.29 is 0 Å². The van der Waals surface area contributed by atoms with Gasteiger partial charge in [0.2, 0.25) is 0 Å². The number of nitrogen functional groups attached to an aromatic ring is 1. The fraction of sp³-hybridized carbons (Fsp3) is 0.286. The molecule has 0 saturated heterocycles. The van der Waals surface area contributed by atoms with Gasteiger partial charge in [-0.15, -0.1) is 6.58 Å². The minimum absolute atomic E-state index is 0.0127. The third kappa shape index (κ3) is 1.63. The highest BCUT2D eigenvalue weighted by Crippen LogP contribution is 2.19. The van der Waals surface area contributed by atoms with Crippen LogP contribution in [-0.2, 0) is 0 Å². The van der Waals surface area contributed by atoms with Crippen molar-refractivity contribution in [2.24, 2.45) is 5.84 Å². The molecule has 0 spiro atoms. The molecule has 1 heterocycles. The van der Waals surface area contributed by atoms with Crippen molar-refractivity contribution in [1.29, 1.82) is 0 Å². The number of H-pyrrole nitrogens is 1. The summed E-state index contributed by atoms with van der Waals surface area (Å²) in [7, 11) is 0. The van der Waals surface area contributed by atoms with Crippen molar-refractivity contribution in [3.63, 3.8) is 0 Å². The fourth-order valence-electron chi connectivity index (χ4n) is 1.03. The lowest BCUT2D eigenvalue weighted by Gasteiger charge is -2.11. The van der Waals surface area contributed by atoms with Crippen molar-refractivity contribution in [3.8, 4) is 0 Å². The van der Waals surface area contributed by atoms with E-state index in [1.807, 2.05) is 0 Å². The first-order valence-electron chi connectivity index (χ1n) is 3.65. The van der Waals surface area contributed by atoms with Crippen LogP contribution in [0.1, 0.15) is 18.0 Å². The number of hydrazine groups is 1. The Morgan fingerprint density at radius 2 is 2.58 bits per heavy atom. The summed E-state index contributed by atoms with van der Waals surface area (Å²) in [5.74, 6) is 5.87. The predicted molar refractivity (Wildman–Crippen MR) is 47.9 cm³/mol. The van der Waals surface area contributed by atoms with Crippen LogP contribution in [0.5, 0.6) is 0 Å². The third-order valence-electron chi connectivity index (χ3n) is 1.68.